The van der Waals surface area contributed by atoms with Gasteiger partial charge in [0, 0.05) is 0 Å². The van der Waals surface area contributed by atoms with Gasteiger partial charge in [-0.3, -0.25) is 4.79 Å². The van der Waals surface area contributed by atoms with Crippen molar-refractivity contribution < 1.29 is 4.79 Å². The maximum atomic E-state index is 11.6. The minimum atomic E-state index is -0.384. The van der Waals surface area contributed by atoms with E-state index in [2.05, 4.69) is 17.4 Å². The van der Waals surface area contributed by atoms with Gasteiger partial charge >= 0.3 is 0 Å². The van der Waals surface area contributed by atoms with Crippen molar-refractivity contribution in [2.75, 3.05) is 6.54 Å². The third-order valence-corrected chi connectivity index (χ3v) is 3.70. The average Bonchev–Trinajstić information content (AvgIpc) is 3.22. The lowest BCUT2D eigenvalue weighted by Gasteiger charge is -2.16. The number of hydrogen-bond acceptors (Lipinski definition) is 2. The van der Waals surface area contributed by atoms with Crippen LogP contribution in [0.1, 0.15) is 24.4 Å². The van der Waals surface area contributed by atoms with E-state index < -0.39 is 0 Å². The molecule has 1 fully saturated rings. The summed E-state index contributed by atoms with van der Waals surface area (Å²) in [7, 11) is 0. The monoisotopic (exact) mass is 254 g/mol. The number of carbonyl (C=O) groups excluding carboxylic acids is 1. The predicted molar refractivity (Wildman–Crippen MR) is 76.6 cm³/mol. The molecular weight excluding hydrogens is 236 g/mol. The minimum absolute atomic E-state index is 0.309. The van der Waals surface area contributed by atoms with E-state index in [4.69, 9.17) is 5.73 Å². The minimum Gasteiger partial charge on any atom is -0.368 e. The molecule has 1 saturated carbocycles. The zero-order valence-electron chi connectivity index (χ0n) is 10.8. The molecule has 1 atom stereocenters. The lowest BCUT2D eigenvalue weighted by molar-refractivity contribution is -0.120. The van der Waals surface area contributed by atoms with E-state index in [0.717, 1.165) is 23.4 Å². The van der Waals surface area contributed by atoms with Gasteiger partial charge in [-0.2, -0.15) is 0 Å². The Labute approximate surface area is 112 Å². The van der Waals surface area contributed by atoms with Gasteiger partial charge < -0.3 is 11.1 Å². The number of nitrogens with two attached hydrogens (primary N) is 1. The smallest absolute Gasteiger partial charge is 0.239 e. The summed E-state index contributed by atoms with van der Waals surface area (Å²) >= 11 is 0. The molecule has 98 valence electrons. The quantitative estimate of drug-likeness (QED) is 0.860. The van der Waals surface area contributed by atoms with Crippen molar-refractivity contribution in [3.8, 4) is 0 Å². The highest BCUT2D eigenvalue weighted by atomic mass is 16.1. The van der Waals surface area contributed by atoms with E-state index in [0.29, 0.717) is 0 Å². The number of fused-ring (bicyclic) bond motifs is 1. The van der Waals surface area contributed by atoms with Crippen LogP contribution < -0.4 is 11.1 Å². The Morgan fingerprint density at radius 2 is 1.95 bits per heavy atom. The Balaban J connectivity index is 1.87. The van der Waals surface area contributed by atoms with Gasteiger partial charge in [0.1, 0.15) is 6.04 Å². The van der Waals surface area contributed by atoms with E-state index >= 15 is 0 Å². The molecule has 0 bridgehead atoms. The molecule has 0 heterocycles. The fourth-order valence-electron chi connectivity index (χ4n) is 2.38. The summed E-state index contributed by atoms with van der Waals surface area (Å²) < 4.78 is 0. The van der Waals surface area contributed by atoms with Gasteiger partial charge in [-0.25, -0.2) is 0 Å². The second-order valence-electron chi connectivity index (χ2n) is 5.29. The largest absolute Gasteiger partial charge is 0.368 e. The Hall–Kier alpha value is -1.87. The van der Waals surface area contributed by atoms with Crippen molar-refractivity contribution in [2.24, 2.45) is 11.7 Å². The lowest BCUT2D eigenvalue weighted by atomic mass is 10.0. The van der Waals surface area contributed by atoms with Gasteiger partial charge in [0.15, 0.2) is 0 Å². The van der Waals surface area contributed by atoms with Crippen LogP contribution in [0.5, 0.6) is 0 Å². The van der Waals surface area contributed by atoms with Crippen molar-refractivity contribution in [3.05, 3.63) is 48.0 Å². The van der Waals surface area contributed by atoms with E-state index in [1.165, 1.54) is 18.2 Å². The van der Waals surface area contributed by atoms with E-state index in [9.17, 15) is 4.79 Å². The number of carbonyl (C=O) groups is 1. The van der Waals surface area contributed by atoms with Gasteiger partial charge in [-0.1, -0.05) is 36.4 Å². The molecule has 19 heavy (non-hydrogen) atoms. The third-order valence-electron chi connectivity index (χ3n) is 3.70. The summed E-state index contributed by atoms with van der Waals surface area (Å²) in [5.41, 5.74) is 6.47. The highest BCUT2D eigenvalue weighted by molar-refractivity contribution is 5.86. The summed E-state index contributed by atoms with van der Waals surface area (Å²) in [4.78, 5) is 11.6. The fraction of sp³-hybridized carbons (Fsp3) is 0.312. The van der Waals surface area contributed by atoms with E-state index in [1.807, 2.05) is 30.3 Å². The molecule has 0 saturated heterocycles. The Kier molecular flexibility index (Phi) is 3.22. The van der Waals surface area contributed by atoms with Crippen molar-refractivity contribution in [1.82, 2.24) is 5.32 Å². The number of primary amides is 1. The number of amides is 1. The van der Waals surface area contributed by atoms with Crippen LogP contribution in [0.4, 0.5) is 0 Å². The van der Waals surface area contributed by atoms with Crippen molar-refractivity contribution in [1.29, 1.82) is 0 Å². The summed E-state index contributed by atoms with van der Waals surface area (Å²) in [5.74, 6) is 0.415. The molecule has 2 aromatic carbocycles. The van der Waals surface area contributed by atoms with Crippen LogP contribution in [0.15, 0.2) is 42.5 Å². The van der Waals surface area contributed by atoms with Crippen LogP contribution in [0.3, 0.4) is 0 Å². The maximum absolute atomic E-state index is 11.6. The van der Waals surface area contributed by atoms with Crippen LogP contribution in [-0.2, 0) is 4.79 Å². The molecule has 3 N–H and O–H groups in total. The molecule has 3 nitrogen and oxygen atoms in total. The number of nitrogens with one attached hydrogen (secondary N) is 1. The Morgan fingerprint density at radius 3 is 2.63 bits per heavy atom. The number of rotatable bonds is 5. The Bertz CT molecular complexity index is 604. The Morgan fingerprint density at radius 1 is 1.21 bits per heavy atom. The molecule has 1 amide bonds. The van der Waals surface area contributed by atoms with Crippen LogP contribution in [-0.4, -0.2) is 12.5 Å². The van der Waals surface area contributed by atoms with Gasteiger partial charge in [0.2, 0.25) is 5.91 Å². The summed E-state index contributed by atoms with van der Waals surface area (Å²) in [6, 6.07) is 13.8. The molecule has 0 aromatic heterocycles. The standard InChI is InChI=1S/C16H18N2O/c17-16(19)15(18-10-11-5-6-11)14-8-7-12-3-1-2-4-13(12)9-14/h1-4,7-9,11,15,18H,5-6,10H2,(H2,17,19). The molecule has 1 unspecified atom stereocenters. The molecule has 1 aliphatic carbocycles. The zero-order valence-corrected chi connectivity index (χ0v) is 10.8. The first-order valence-electron chi connectivity index (χ1n) is 6.75. The number of hydrogen-bond donors (Lipinski definition) is 2. The van der Waals surface area contributed by atoms with Crippen LogP contribution >= 0.6 is 0 Å². The third kappa shape index (κ3) is 2.76. The highest BCUT2D eigenvalue weighted by Crippen LogP contribution is 2.29. The zero-order chi connectivity index (χ0) is 13.2. The maximum Gasteiger partial charge on any atom is 0.239 e. The molecule has 3 rings (SSSR count). The summed E-state index contributed by atoms with van der Waals surface area (Å²) in [6.45, 7) is 0.875. The molecule has 2 aromatic rings. The SMILES string of the molecule is NC(=O)C(NCC1CC1)c1ccc2ccccc2c1. The van der Waals surface area contributed by atoms with Crippen molar-refractivity contribution in [3.63, 3.8) is 0 Å². The average molecular weight is 254 g/mol. The van der Waals surface area contributed by atoms with Crippen molar-refractivity contribution >= 4 is 16.7 Å². The van der Waals surface area contributed by atoms with Gasteiger partial charge in [0.05, 0.1) is 0 Å². The first kappa shape index (κ1) is 12.2. The molecule has 0 spiro atoms. The van der Waals surface area contributed by atoms with Crippen LogP contribution in [0.25, 0.3) is 10.8 Å². The first-order valence-corrected chi connectivity index (χ1v) is 6.75. The predicted octanol–water partition coefficient (Wildman–Crippen LogP) is 2.37. The molecule has 0 aliphatic heterocycles. The van der Waals surface area contributed by atoms with E-state index in [1.54, 1.807) is 0 Å². The fourth-order valence-corrected chi connectivity index (χ4v) is 2.38. The van der Waals surface area contributed by atoms with Crippen LogP contribution in [0, 0.1) is 5.92 Å². The topological polar surface area (TPSA) is 55.1 Å². The first-order chi connectivity index (χ1) is 9.24. The van der Waals surface area contributed by atoms with Gasteiger partial charge in [-0.05, 0) is 47.7 Å². The van der Waals surface area contributed by atoms with Crippen molar-refractivity contribution in [2.45, 2.75) is 18.9 Å². The highest BCUT2D eigenvalue weighted by Gasteiger charge is 2.24. The summed E-state index contributed by atoms with van der Waals surface area (Å²) in [5, 5.41) is 5.60. The molecule has 0 radical (unpaired) electrons. The second-order valence-corrected chi connectivity index (χ2v) is 5.29. The lowest BCUT2D eigenvalue weighted by Crippen LogP contribution is -2.34. The normalized spacial score (nSPS) is 16.4. The van der Waals surface area contributed by atoms with E-state index in [-0.39, 0.29) is 11.9 Å². The molecule has 3 heteroatoms. The summed E-state index contributed by atoms with van der Waals surface area (Å²) in [6.07, 6.45) is 2.52. The molecular formula is C16H18N2O. The molecule has 1 aliphatic rings. The second kappa shape index (κ2) is 5.02. The van der Waals surface area contributed by atoms with Gasteiger partial charge in [-0.15, -0.1) is 0 Å². The number of benzene rings is 2. The van der Waals surface area contributed by atoms with Crippen LogP contribution in [0.2, 0.25) is 0 Å². The van der Waals surface area contributed by atoms with Gasteiger partial charge in [0.25, 0.3) is 0 Å².